The topological polar surface area (TPSA) is 72.5 Å². The third-order valence-electron chi connectivity index (χ3n) is 5.01. The molecule has 1 fully saturated rings. The summed E-state index contributed by atoms with van der Waals surface area (Å²) in [5.41, 5.74) is 3.13. The lowest BCUT2D eigenvalue weighted by Crippen LogP contribution is -2.46. The number of rotatable bonds is 5. The van der Waals surface area contributed by atoms with E-state index in [-0.39, 0.29) is 11.4 Å². The molecule has 27 heavy (non-hydrogen) atoms. The van der Waals surface area contributed by atoms with Gasteiger partial charge in [0.25, 0.3) is 0 Å². The van der Waals surface area contributed by atoms with E-state index in [1.165, 1.54) is 11.8 Å². The van der Waals surface area contributed by atoms with Crippen LogP contribution in [0, 0.1) is 0 Å². The molecule has 1 heterocycles. The van der Waals surface area contributed by atoms with E-state index in [0.717, 1.165) is 37.2 Å². The molecule has 1 amide bonds. The summed E-state index contributed by atoms with van der Waals surface area (Å²) in [6.45, 7) is 6.32. The minimum absolute atomic E-state index is 0.0191. The van der Waals surface area contributed by atoms with Crippen molar-refractivity contribution in [2.75, 3.05) is 19.3 Å². The van der Waals surface area contributed by atoms with Crippen molar-refractivity contribution in [2.45, 2.75) is 37.2 Å². The number of carbonyl (C=O) groups excluding carboxylic acids is 1. The first-order valence-corrected chi connectivity index (χ1v) is 10.9. The fourth-order valence-electron chi connectivity index (χ4n) is 3.67. The maximum atomic E-state index is 11.6. The van der Waals surface area contributed by atoms with Crippen LogP contribution in [0.5, 0.6) is 0 Å². The smallest absolute Gasteiger partial charge is 0.217 e. The average molecular weight is 387 g/mol. The van der Waals surface area contributed by atoms with Gasteiger partial charge in [0.15, 0.2) is 4.90 Å². The highest BCUT2D eigenvalue weighted by molar-refractivity contribution is 7.97. The molecule has 0 spiro atoms. The Hall–Kier alpha value is -2.02. The summed E-state index contributed by atoms with van der Waals surface area (Å²) in [6, 6.07) is 15.3. The van der Waals surface area contributed by atoms with Gasteiger partial charge in [-0.3, -0.25) is 9.69 Å². The first-order chi connectivity index (χ1) is 12.6. The number of likely N-dealkylation sites (tertiary alicyclic amines) is 1. The van der Waals surface area contributed by atoms with Gasteiger partial charge < -0.3 is 9.87 Å². The van der Waals surface area contributed by atoms with Gasteiger partial charge >= 0.3 is 0 Å². The number of carbonyl (C=O) groups is 1. The first-order valence-electron chi connectivity index (χ1n) is 9.05. The average Bonchev–Trinajstić information content (AvgIpc) is 2.94. The van der Waals surface area contributed by atoms with E-state index in [1.54, 1.807) is 19.1 Å². The number of nitrogens with one attached hydrogen (secondary N) is 1. The van der Waals surface area contributed by atoms with Crippen molar-refractivity contribution in [3.8, 4) is 11.1 Å². The van der Waals surface area contributed by atoms with Crippen molar-refractivity contribution in [3.05, 3.63) is 54.1 Å². The summed E-state index contributed by atoms with van der Waals surface area (Å²) in [5, 5.41) is 3.06. The Balaban J connectivity index is 1.64. The molecule has 1 saturated heterocycles. The van der Waals surface area contributed by atoms with Crippen LogP contribution in [0.1, 0.15) is 25.8 Å². The zero-order chi connectivity index (χ0) is 19.7. The highest BCUT2D eigenvalue weighted by atomic mass is 32.3. The largest absolute Gasteiger partial charge is 0.610 e. The van der Waals surface area contributed by atoms with Gasteiger partial charge in [-0.05, 0) is 54.3 Å². The number of hydrogen-bond donors (Lipinski definition) is 1. The molecule has 3 rings (SSSR count). The van der Waals surface area contributed by atoms with Crippen LogP contribution in [-0.4, -0.2) is 40.2 Å². The molecule has 1 N–H and O–H groups in total. The Kier molecular flexibility index (Phi) is 5.51. The molecule has 2 aromatic carbocycles. The van der Waals surface area contributed by atoms with E-state index in [0.29, 0.717) is 4.90 Å². The lowest BCUT2D eigenvalue weighted by Gasteiger charge is -2.25. The molecule has 144 valence electrons. The number of amides is 1. The second-order valence-corrected chi connectivity index (χ2v) is 9.71. The molecule has 0 bridgehead atoms. The third kappa shape index (κ3) is 5.03. The molecule has 5 nitrogen and oxygen atoms in total. The van der Waals surface area contributed by atoms with Crippen molar-refractivity contribution < 1.29 is 13.6 Å². The maximum Gasteiger partial charge on any atom is 0.217 e. The second-order valence-electron chi connectivity index (χ2n) is 7.70. The van der Waals surface area contributed by atoms with Gasteiger partial charge in [-0.25, -0.2) is 0 Å². The van der Waals surface area contributed by atoms with E-state index in [4.69, 9.17) is 0 Å². The number of hydrogen-bond acceptors (Lipinski definition) is 4. The van der Waals surface area contributed by atoms with Crippen LogP contribution in [-0.2, 0) is 25.8 Å². The quantitative estimate of drug-likeness (QED) is 0.802. The highest BCUT2D eigenvalue weighted by Crippen LogP contribution is 2.25. The summed E-state index contributed by atoms with van der Waals surface area (Å²) < 4.78 is 23.1. The van der Waals surface area contributed by atoms with Gasteiger partial charge in [-0.2, -0.15) is 0 Å². The summed E-state index contributed by atoms with van der Waals surface area (Å²) in [7, 11) is -3.17. The first kappa shape index (κ1) is 19.7. The van der Waals surface area contributed by atoms with Crippen molar-refractivity contribution >= 4 is 16.1 Å². The molecule has 1 aliphatic heterocycles. The van der Waals surface area contributed by atoms with Crippen molar-refractivity contribution in [3.63, 3.8) is 0 Å². The van der Waals surface area contributed by atoms with Crippen molar-refractivity contribution in [1.82, 2.24) is 10.2 Å². The van der Waals surface area contributed by atoms with Crippen LogP contribution in [0.2, 0.25) is 0 Å². The van der Waals surface area contributed by atoms with Crippen LogP contribution in [0.15, 0.2) is 53.4 Å². The van der Waals surface area contributed by atoms with Gasteiger partial charge in [0.1, 0.15) is 6.26 Å². The zero-order valence-corrected chi connectivity index (χ0v) is 16.8. The van der Waals surface area contributed by atoms with E-state index in [2.05, 4.69) is 41.4 Å². The summed E-state index contributed by atoms with van der Waals surface area (Å²) in [6.07, 6.45) is 2.17. The Labute approximate surface area is 162 Å². The Morgan fingerprint density at radius 3 is 2.22 bits per heavy atom. The van der Waals surface area contributed by atoms with Gasteiger partial charge in [0.05, 0.1) is 15.8 Å². The van der Waals surface area contributed by atoms with Gasteiger partial charge in [-0.15, -0.1) is 4.21 Å². The molecule has 2 unspecified atom stereocenters. The van der Waals surface area contributed by atoms with Gasteiger partial charge in [0, 0.05) is 26.6 Å². The second kappa shape index (κ2) is 7.54. The minimum atomic E-state index is -3.17. The fraction of sp³-hybridized carbons (Fsp3) is 0.381. The molecule has 1 aliphatic rings. The summed E-state index contributed by atoms with van der Waals surface area (Å²) >= 11 is 0. The standard InChI is InChI=1S/C21H26N2O3S/c1-16(24)22-21(2)12-13-23(15-21)14-17-4-6-18(7-5-17)19-8-10-20(11-9-19)27(3,25)26/h4-11H,12-15H2,1-3H3,(H-,22,24,25,26). The van der Waals surface area contributed by atoms with Gasteiger partial charge in [-0.1, -0.05) is 24.3 Å². The minimum Gasteiger partial charge on any atom is -0.610 e. The predicted octanol–water partition coefficient (Wildman–Crippen LogP) is 3.07. The number of sulfone groups is 1. The molecule has 2 atom stereocenters. The SMILES string of the molecule is CC(=O)NC1(C)CCN(Cc2ccc(-c3ccc([S+](C)(=O)[O-])cc3)cc2)C1. The van der Waals surface area contributed by atoms with Crippen LogP contribution < -0.4 is 5.32 Å². The number of benzene rings is 2. The predicted molar refractivity (Wildman–Crippen MR) is 107 cm³/mol. The fourth-order valence-corrected chi connectivity index (χ4v) is 4.30. The van der Waals surface area contributed by atoms with Gasteiger partial charge in [0.2, 0.25) is 5.91 Å². The third-order valence-corrected chi connectivity index (χ3v) is 6.13. The molecule has 0 radical (unpaired) electrons. The van der Waals surface area contributed by atoms with Crippen molar-refractivity contribution in [2.24, 2.45) is 0 Å². The lowest BCUT2D eigenvalue weighted by atomic mass is 10.0. The molecule has 6 heteroatoms. The van der Waals surface area contributed by atoms with E-state index in [9.17, 15) is 13.6 Å². The maximum absolute atomic E-state index is 11.6. The summed E-state index contributed by atoms with van der Waals surface area (Å²) in [4.78, 5) is 14.0. The van der Waals surface area contributed by atoms with Crippen LogP contribution in [0.4, 0.5) is 0 Å². The Morgan fingerprint density at radius 1 is 1.15 bits per heavy atom. The molecule has 2 aromatic rings. The number of nitrogens with zero attached hydrogens (tertiary/aromatic N) is 1. The van der Waals surface area contributed by atoms with Crippen LogP contribution in [0.25, 0.3) is 11.1 Å². The molecule has 0 saturated carbocycles. The van der Waals surface area contributed by atoms with E-state index < -0.39 is 10.2 Å². The summed E-state index contributed by atoms with van der Waals surface area (Å²) in [5.74, 6) is 0.0191. The monoisotopic (exact) mass is 386 g/mol. The van der Waals surface area contributed by atoms with Crippen molar-refractivity contribution in [1.29, 1.82) is 0 Å². The normalized spacial score (nSPS) is 22.4. The highest BCUT2D eigenvalue weighted by Gasteiger charge is 2.34. The Morgan fingerprint density at radius 2 is 1.70 bits per heavy atom. The zero-order valence-electron chi connectivity index (χ0n) is 16.0. The Bertz CT molecular complexity index is 858. The molecular formula is C21H26N2O3S. The van der Waals surface area contributed by atoms with E-state index in [1.807, 2.05) is 12.1 Å². The molecule has 0 aliphatic carbocycles. The van der Waals surface area contributed by atoms with E-state index >= 15 is 0 Å². The molecular weight excluding hydrogens is 360 g/mol. The lowest BCUT2D eigenvalue weighted by molar-refractivity contribution is -0.120. The van der Waals surface area contributed by atoms with Crippen LogP contribution in [0.3, 0.4) is 0 Å². The molecule has 0 aromatic heterocycles. The van der Waals surface area contributed by atoms with Crippen LogP contribution >= 0.6 is 0 Å².